The third-order valence-corrected chi connectivity index (χ3v) is 4.36. The second-order valence-corrected chi connectivity index (χ2v) is 7.25. The van der Waals surface area contributed by atoms with E-state index < -0.39 is 12.1 Å². The second-order valence-electron chi connectivity index (χ2n) is 7.25. The molecule has 1 atom stereocenters. The van der Waals surface area contributed by atoms with Crippen molar-refractivity contribution in [1.82, 2.24) is 0 Å². The summed E-state index contributed by atoms with van der Waals surface area (Å²) in [6.07, 6.45) is -0.560. The van der Waals surface area contributed by atoms with E-state index in [2.05, 4.69) is 20.8 Å². The van der Waals surface area contributed by atoms with Crippen molar-refractivity contribution in [2.24, 2.45) is 0 Å². The summed E-state index contributed by atoms with van der Waals surface area (Å²) in [7, 11) is 0. The van der Waals surface area contributed by atoms with Crippen molar-refractivity contribution in [3.05, 3.63) is 64.7 Å². The minimum atomic E-state index is -0.945. The number of rotatable bonds is 5. The summed E-state index contributed by atoms with van der Waals surface area (Å²) in [5.41, 5.74) is 4.19. The number of carboxylic acid groups (broad SMARTS) is 1. The third-order valence-electron chi connectivity index (χ3n) is 4.36. The molecular weight excluding hydrogens is 300 g/mol. The largest absolute Gasteiger partial charge is 0.478 e. The van der Waals surface area contributed by atoms with Gasteiger partial charge in [-0.25, -0.2) is 4.79 Å². The zero-order valence-electron chi connectivity index (χ0n) is 15.1. The average molecular weight is 326 g/mol. The summed E-state index contributed by atoms with van der Waals surface area (Å²) in [4.78, 5) is 11.7. The molecule has 0 saturated carbocycles. The Bertz CT molecular complexity index is 726. The molecule has 3 nitrogen and oxygen atoms in total. The summed E-state index contributed by atoms with van der Waals surface area (Å²) in [6.45, 7) is 10.3. The Kier molecular flexibility index (Phi) is 5.33. The van der Waals surface area contributed by atoms with E-state index in [1.165, 1.54) is 0 Å². The Morgan fingerprint density at radius 1 is 1.08 bits per heavy atom. The number of carboxylic acids is 1. The smallest absolute Gasteiger partial charge is 0.345 e. The molecule has 3 heteroatoms. The van der Waals surface area contributed by atoms with E-state index in [0.717, 1.165) is 22.3 Å². The molecule has 0 fully saturated rings. The van der Waals surface area contributed by atoms with E-state index in [9.17, 15) is 9.90 Å². The second kappa shape index (κ2) is 7.08. The van der Waals surface area contributed by atoms with Crippen molar-refractivity contribution in [2.75, 3.05) is 0 Å². The number of aliphatic carboxylic acids is 1. The predicted octanol–water partition coefficient (Wildman–Crippen LogP) is 4.68. The van der Waals surface area contributed by atoms with Crippen LogP contribution < -0.4 is 4.74 Å². The first-order chi connectivity index (χ1) is 11.2. The molecule has 0 aliphatic rings. The number of benzene rings is 2. The lowest BCUT2D eigenvalue weighted by Crippen LogP contribution is -2.30. The monoisotopic (exact) mass is 326 g/mol. The summed E-state index contributed by atoms with van der Waals surface area (Å²) in [5.74, 6) is -0.303. The van der Waals surface area contributed by atoms with Gasteiger partial charge in [-0.2, -0.15) is 0 Å². The first kappa shape index (κ1) is 18.1. The van der Waals surface area contributed by atoms with Crippen LogP contribution in [0.5, 0.6) is 5.75 Å². The molecule has 0 bridgehead atoms. The molecule has 0 aromatic heterocycles. The Labute approximate surface area is 144 Å². The molecule has 0 aliphatic carbocycles. The van der Waals surface area contributed by atoms with Crippen LogP contribution >= 0.6 is 0 Å². The lowest BCUT2D eigenvalue weighted by Gasteiger charge is -2.25. The first-order valence-electron chi connectivity index (χ1n) is 8.24. The van der Waals surface area contributed by atoms with E-state index in [1.54, 1.807) is 0 Å². The van der Waals surface area contributed by atoms with Gasteiger partial charge in [-0.3, -0.25) is 0 Å². The third kappa shape index (κ3) is 4.16. The number of hydrogen-bond acceptors (Lipinski definition) is 2. The summed E-state index contributed by atoms with van der Waals surface area (Å²) < 4.78 is 5.93. The molecule has 0 unspecified atom stereocenters. The Balaban J connectivity index is 2.31. The van der Waals surface area contributed by atoms with E-state index in [-0.39, 0.29) is 5.41 Å². The fourth-order valence-corrected chi connectivity index (χ4v) is 2.75. The topological polar surface area (TPSA) is 46.5 Å². The van der Waals surface area contributed by atoms with Crippen LogP contribution in [0.4, 0.5) is 0 Å². The van der Waals surface area contributed by atoms with Crippen LogP contribution in [0.1, 0.15) is 43.0 Å². The van der Waals surface area contributed by atoms with E-state index >= 15 is 0 Å². The Hall–Kier alpha value is -2.29. The molecule has 128 valence electrons. The summed E-state index contributed by atoms with van der Waals surface area (Å²) in [5, 5.41) is 9.62. The lowest BCUT2D eigenvalue weighted by atomic mass is 9.86. The average Bonchev–Trinajstić information content (AvgIpc) is 2.50. The van der Waals surface area contributed by atoms with Crippen LogP contribution in [-0.2, 0) is 16.6 Å². The molecule has 0 radical (unpaired) electrons. The van der Waals surface area contributed by atoms with Crippen molar-refractivity contribution >= 4 is 5.97 Å². The molecule has 2 rings (SSSR count). The van der Waals surface area contributed by atoms with E-state index in [1.807, 2.05) is 56.3 Å². The maximum atomic E-state index is 11.7. The molecule has 0 aliphatic heterocycles. The van der Waals surface area contributed by atoms with Gasteiger partial charge in [-0.15, -0.1) is 0 Å². The molecule has 0 spiro atoms. The van der Waals surface area contributed by atoms with Gasteiger partial charge in [-0.05, 0) is 47.6 Å². The van der Waals surface area contributed by atoms with E-state index in [0.29, 0.717) is 12.2 Å². The molecule has 24 heavy (non-hydrogen) atoms. The van der Waals surface area contributed by atoms with Gasteiger partial charge in [0.2, 0.25) is 0 Å². The van der Waals surface area contributed by atoms with Gasteiger partial charge in [0, 0.05) is 6.42 Å². The molecule has 2 aromatic carbocycles. The number of hydrogen-bond donors (Lipinski definition) is 1. The van der Waals surface area contributed by atoms with Gasteiger partial charge >= 0.3 is 5.97 Å². The van der Waals surface area contributed by atoms with Crippen molar-refractivity contribution in [1.29, 1.82) is 0 Å². The SMILES string of the molecule is Cc1cccc(C[C@H](Oc2ccccc2C(C)(C)C)C(=O)O)c1C. The van der Waals surface area contributed by atoms with Gasteiger partial charge in [-0.1, -0.05) is 57.2 Å². The highest BCUT2D eigenvalue weighted by molar-refractivity contribution is 5.73. The Morgan fingerprint density at radius 2 is 1.75 bits per heavy atom. The normalized spacial score (nSPS) is 12.7. The van der Waals surface area contributed by atoms with Gasteiger partial charge in [0.05, 0.1) is 0 Å². The molecular formula is C21H26O3. The maximum absolute atomic E-state index is 11.7. The number of carbonyl (C=O) groups is 1. The minimum Gasteiger partial charge on any atom is -0.478 e. The van der Waals surface area contributed by atoms with Crippen LogP contribution in [0.3, 0.4) is 0 Å². The highest BCUT2D eigenvalue weighted by atomic mass is 16.5. The van der Waals surface area contributed by atoms with Crippen LogP contribution in [0.15, 0.2) is 42.5 Å². The number of ether oxygens (including phenoxy) is 1. The number of para-hydroxylation sites is 1. The van der Waals surface area contributed by atoms with Crippen molar-refractivity contribution in [3.63, 3.8) is 0 Å². The molecule has 1 N–H and O–H groups in total. The van der Waals surface area contributed by atoms with Crippen LogP contribution in [0, 0.1) is 13.8 Å². The molecule has 0 amide bonds. The lowest BCUT2D eigenvalue weighted by molar-refractivity contribution is -0.145. The van der Waals surface area contributed by atoms with Gasteiger partial charge in [0.25, 0.3) is 0 Å². The fourth-order valence-electron chi connectivity index (χ4n) is 2.75. The fraction of sp³-hybridized carbons (Fsp3) is 0.381. The zero-order chi connectivity index (χ0) is 17.9. The zero-order valence-corrected chi connectivity index (χ0v) is 15.1. The van der Waals surface area contributed by atoms with Crippen molar-refractivity contribution < 1.29 is 14.6 Å². The van der Waals surface area contributed by atoms with Gasteiger partial charge in [0.1, 0.15) is 5.75 Å². The predicted molar refractivity (Wildman–Crippen MR) is 96.8 cm³/mol. The quantitative estimate of drug-likeness (QED) is 0.868. The minimum absolute atomic E-state index is 0.112. The Morgan fingerprint density at radius 3 is 2.38 bits per heavy atom. The number of aryl methyl sites for hydroxylation is 1. The highest BCUT2D eigenvalue weighted by Crippen LogP contribution is 2.32. The standard InChI is InChI=1S/C21H26O3/c1-14-9-8-10-16(15(14)2)13-19(20(22)23)24-18-12-7-6-11-17(18)21(3,4)5/h6-12,19H,13H2,1-5H3,(H,22,23)/t19-/m0/s1. The van der Waals surface area contributed by atoms with Crippen molar-refractivity contribution in [3.8, 4) is 5.75 Å². The van der Waals surface area contributed by atoms with E-state index in [4.69, 9.17) is 4.74 Å². The first-order valence-corrected chi connectivity index (χ1v) is 8.24. The van der Waals surface area contributed by atoms with Crippen LogP contribution in [-0.4, -0.2) is 17.2 Å². The maximum Gasteiger partial charge on any atom is 0.345 e. The summed E-state index contributed by atoms with van der Waals surface area (Å²) >= 11 is 0. The molecule has 0 saturated heterocycles. The molecule has 0 heterocycles. The van der Waals surface area contributed by atoms with Gasteiger partial charge in [0.15, 0.2) is 6.10 Å². The van der Waals surface area contributed by atoms with Crippen LogP contribution in [0.25, 0.3) is 0 Å². The summed E-state index contributed by atoms with van der Waals surface area (Å²) in [6, 6.07) is 13.6. The molecule has 2 aromatic rings. The van der Waals surface area contributed by atoms with Crippen LogP contribution in [0.2, 0.25) is 0 Å². The van der Waals surface area contributed by atoms with Crippen molar-refractivity contribution in [2.45, 2.75) is 52.6 Å². The highest BCUT2D eigenvalue weighted by Gasteiger charge is 2.25. The van der Waals surface area contributed by atoms with Gasteiger partial charge < -0.3 is 9.84 Å².